The SMILES string of the molecule is C[C@@H](O)[C@H]1C(=O)N2C(C(=O)O)=C([C@H]3CC(C(N)=O)=NO3)C[C@H]12. The van der Waals surface area contributed by atoms with E-state index in [-0.39, 0.29) is 24.3 Å². The highest BCUT2D eigenvalue weighted by atomic mass is 16.6. The molecule has 3 heterocycles. The van der Waals surface area contributed by atoms with E-state index in [0.717, 1.165) is 0 Å². The number of carbonyl (C=O) groups excluding carboxylic acids is 2. The highest BCUT2D eigenvalue weighted by Gasteiger charge is 2.58. The molecule has 0 aromatic carbocycles. The molecule has 2 amide bonds. The predicted octanol–water partition coefficient (Wildman–Crippen LogP) is -1.43. The summed E-state index contributed by atoms with van der Waals surface area (Å²) in [5, 5.41) is 22.6. The monoisotopic (exact) mass is 309 g/mol. The summed E-state index contributed by atoms with van der Waals surface area (Å²) >= 11 is 0. The molecular formula is C13H15N3O6. The molecule has 0 unspecified atom stereocenters. The molecule has 0 spiro atoms. The van der Waals surface area contributed by atoms with Crippen LogP contribution in [0.4, 0.5) is 0 Å². The predicted molar refractivity (Wildman–Crippen MR) is 71.2 cm³/mol. The Morgan fingerprint density at radius 2 is 2.14 bits per heavy atom. The van der Waals surface area contributed by atoms with E-state index in [1.807, 2.05) is 0 Å². The largest absolute Gasteiger partial charge is 0.477 e. The third-order valence-corrected chi connectivity index (χ3v) is 4.31. The first-order chi connectivity index (χ1) is 10.3. The van der Waals surface area contributed by atoms with Gasteiger partial charge in [0.2, 0.25) is 5.91 Å². The highest BCUT2D eigenvalue weighted by Crippen LogP contribution is 2.45. The lowest BCUT2D eigenvalue weighted by Gasteiger charge is -2.44. The van der Waals surface area contributed by atoms with E-state index in [4.69, 9.17) is 10.6 Å². The van der Waals surface area contributed by atoms with Crippen LogP contribution in [0.2, 0.25) is 0 Å². The fraction of sp³-hybridized carbons (Fsp3) is 0.538. The number of aliphatic hydroxyl groups excluding tert-OH is 1. The zero-order valence-corrected chi connectivity index (χ0v) is 11.7. The number of β-lactam (4-membered cyclic amide) rings is 1. The summed E-state index contributed by atoms with van der Waals surface area (Å²) in [7, 11) is 0. The molecule has 3 aliphatic rings. The number of carboxylic acids is 1. The van der Waals surface area contributed by atoms with E-state index in [1.54, 1.807) is 0 Å². The summed E-state index contributed by atoms with van der Waals surface area (Å²) in [4.78, 5) is 40.9. The van der Waals surface area contributed by atoms with Gasteiger partial charge in [-0.1, -0.05) is 5.16 Å². The normalized spacial score (nSPS) is 31.4. The Balaban J connectivity index is 1.87. The number of nitrogens with zero attached hydrogens (tertiary/aromatic N) is 2. The maximum atomic E-state index is 12.1. The molecule has 3 aliphatic heterocycles. The van der Waals surface area contributed by atoms with Gasteiger partial charge in [-0.05, 0) is 13.3 Å². The molecule has 118 valence electrons. The summed E-state index contributed by atoms with van der Waals surface area (Å²) < 4.78 is 0. The van der Waals surface area contributed by atoms with E-state index in [0.29, 0.717) is 5.57 Å². The van der Waals surface area contributed by atoms with Gasteiger partial charge in [0, 0.05) is 12.0 Å². The molecule has 9 nitrogen and oxygen atoms in total. The number of rotatable bonds is 4. The summed E-state index contributed by atoms with van der Waals surface area (Å²) in [5.74, 6) is -3.00. The average Bonchev–Trinajstić information content (AvgIpc) is 2.99. The van der Waals surface area contributed by atoms with Crippen molar-refractivity contribution in [3.05, 3.63) is 11.3 Å². The van der Waals surface area contributed by atoms with Crippen molar-refractivity contribution in [2.24, 2.45) is 16.8 Å². The Labute approximate surface area is 125 Å². The van der Waals surface area contributed by atoms with Gasteiger partial charge >= 0.3 is 5.97 Å². The number of hydrogen-bond acceptors (Lipinski definition) is 6. The second-order valence-corrected chi connectivity index (χ2v) is 5.63. The van der Waals surface area contributed by atoms with Crippen LogP contribution in [-0.4, -0.2) is 56.9 Å². The smallest absolute Gasteiger partial charge is 0.352 e. The summed E-state index contributed by atoms with van der Waals surface area (Å²) in [6.07, 6.45) is -1.23. The summed E-state index contributed by atoms with van der Waals surface area (Å²) in [5.41, 5.74) is 5.42. The number of fused-ring (bicyclic) bond motifs is 1. The first-order valence-corrected chi connectivity index (χ1v) is 6.83. The van der Waals surface area contributed by atoms with Crippen molar-refractivity contribution in [3.63, 3.8) is 0 Å². The Morgan fingerprint density at radius 3 is 2.64 bits per heavy atom. The van der Waals surface area contributed by atoms with Gasteiger partial charge < -0.3 is 25.7 Å². The van der Waals surface area contributed by atoms with Crippen molar-refractivity contribution in [2.75, 3.05) is 0 Å². The molecule has 4 N–H and O–H groups in total. The number of amides is 2. The number of aliphatic carboxylic acids is 1. The number of carbonyl (C=O) groups is 3. The Morgan fingerprint density at radius 1 is 1.45 bits per heavy atom. The fourth-order valence-electron chi connectivity index (χ4n) is 3.30. The number of aliphatic hydroxyl groups is 1. The maximum absolute atomic E-state index is 12.1. The third-order valence-electron chi connectivity index (χ3n) is 4.31. The molecule has 0 radical (unpaired) electrons. The number of oxime groups is 1. The minimum absolute atomic E-state index is 0.0369. The lowest BCUT2D eigenvalue weighted by molar-refractivity contribution is -0.161. The topological polar surface area (TPSA) is 143 Å². The summed E-state index contributed by atoms with van der Waals surface area (Å²) in [6.45, 7) is 1.50. The number of hydrogen-bond donors (Lipinski definition) is 3. The Hall–Kier alpha value is -2.42. The van der Waals surface area contributed by atoms with Crippen LogP contribution in [0.25, 0.3) is 0 Å². The van der Waals surface area contributed by atoms with Crippen molar-refractivity contribution >= 4 is 23.5 Å². The molecular weight excluding hydrogens is 294 g/mol. The average molecular weight is 309 g/mol. The van der Waals surface area contributed by atoms with Crippen molar-refractivity contribution < 1.29 is 29.4 Å². The maximum Gasteiger partial charge on any atom is 0.352 e. The molecule has 1 fully saturated rings. The fourth-order valence-corrected chi connectivity index (χ4v) is 3.30. The van der Waals surface area contributed by atoms with Gasteiger partial charge in [0.25, 0.3) is 5.91 Å². The first-order valence-electron chi connectivity index (χ1n) is 6.83. The van der Waals surface area contributed by atoms with Crippen LogP contribution >= 0.6 is 0 Å². The number of carboxylic acid groups (broad SMARTS) is 1. The van der Waals surface area contributed by atoms with Gasteiger partial charge in [0.05, 0.1) is 18.1 Å². The number of nitrogens with two attached hydrogens (primary N) is 1. The van der Waals surface area contributed by atoms with Crippen LogP contribution in [0.1, 0.15) is 19.8 Å². The molecule has 4 atom stereocenters. The van der Waals surface area contributed by atoms with Crippen LogP contribution in [0, 0.1) is 5.92 Å². The Kier molecular flexibility index (Phi) is 3.17. The lowest BCUT2D eigenvalue weighted by Crippen LogP contribution is -2.61. The zero-order chi connectivity index (χ0) is 16.2. The van der Waals surface area contributed by atoms with Gasteiger partial charge in [-0.2, -0.15) is 0 Å². The van der Waals surface area contributed by atoms with E-state index in [1.165, 1.54) is 11.8 Å². The molecule has 0 aromatic heterocycles. The van der Waals surface area contributed by atoms with Crippen molar-refractivity contribution in [1.82, 2.24) is 4.90 Å². The van der Waals surface area contributed by atoms with Crippen LogP contribution in [-0.2, 0) is 19.2 Å². The van der Waals surface area contributed by atoms with Gasteiger partial charge in [0.1, 0.15) is 11.4 Å². The zero-order valence-electron chi connectivity index (χ0n) is 11.7. The lowest BCUT2D eigenvalue weighted by atomic mass is 9.82. The minimum Gasteiger partial charge on any atom is -0.477 e. The van der Waals surface area contributed by atoms with Crippen molar-refractivity contribution in [2.45, 2.75) is 38.0 Å². The van der Waals surface area contributed by atoms with Crippen molar-refractivity contribution in [1.29, 1.82) is 0 Å². The van der Waals surface area contributed by atoms with Crippen LogP contribution < -0.4 is 5.73 Å². The molecule has 0 saturated carbocycles. The Bertz CT molecular complexity index is 638. The second-order valence-electron chi connectivity index (χ2n) is 5.63. The molecule has 0 aromatic rings. The number of primary amides is 1. The first kappa shape index (κ1) is 14.5. The van der Waals surface area contributed by atoms with Gasteiger partial charge in [0.15, 0.2) is 6.10 Å². The van der Waals surface area contributed by atoms with E-state index in [9.17, 15) is 24.6 Å². The van der Waals surface area contributed by atoms with Crippen LogP contribution in [0.5, 0.6) is 0 Å². The second kappa shape index (κ2) is 4.80. The quantitative estimate of drug-likeness (QED) is 0.543. The van der Waals surface area contributed by atoms with E-state index < -0.39 is 42.0 Å². The molecule has 1 saturated heterocycles. The summed E-state index contributed by atoms with van der Waals surface area (Å²) in [6, 6.07) is -0.394. The highest BCUT2D eigenvalue weighted by molar-refractivity contribution is 6.38. The van der Waals surface area contributed by atoms with Crippen LogP contribution in [0.3, 0.4) is 0 Å². The molecule has 0 aliphatic carbocycles. The molecule has 0 bridgehead atoms. The van der Waals surface area contributed by atoms with E-state index in [2.05, 4.69) is 5.16 Å². The van der Waals surface area contributed by atoms with Gasteiger partial charge in [-0.25, -0.2) is 4.79 Å². The molecule has 22 heavy (non-hydrogen) atoms. The van der Waals surface area contributed by atoms with Gasteiger partial charge in [-0.15, -0.1) is 0 Å². The van der Waals surface area contributed by atoms with Gasteiger partial charge in [-0.3, -0.25) is 9.59 Å². The minimum atomic E-state index is -1.24. The standard InChI is InChI=1S/C13H15N3O6/c1-4(17)9-7-2-5(8-3-6(11(14)18)15-22-8)10(13(20)21)16(7)12(9)19/h4,7-9,17H,2-3H2,1H3,(H2,14,18)(H,20,21)/t4-,7-,8-,9-/m1/s1. The molecule has 9 heteroatoms. The third kappa shape index (κ3) is 1.89. The molecule has 3 rings (SSSR count). The van der Waals surface area contributed by atoms with Crippen LogP contribution in [0.15, 0.2) is 16.4 Å². The van der Waals surface area contributed by atoms with E-state index >= 15 is 0 Å². The van der Waals surface area contributed by atoms with Crippen molar-refractivity contribution in [3.8, 4) is 0 Å².